The number of rotatable bonds is 7. The normalized spacial score (nSPS) is 12.4. The van der Waals surface area contributed by atoms with Crippen molar-refractivity contribution in [2.75, 3.05) is 13.7 Å². The van der Waals surface area contributed by atoms with Crippen molar-refractivity contribution < 1.29 is 14.6 Å². The van der Waals surface area contributed by atoms with E-state index in [0.29, 0.717) is 13.2 Å². The molecule has 0 aliphatic heterocycles. The molecule has 1 aromatic rings. The highest BCUT2D eigenvalue weighted by Gasteiger charge is 2.21. The van der Waals surface area contributed by atoms with E-state index >= 15 is 0 Å². The summed E-state index contributed by atoms with van der Waals surface area (Å²) in [6.07, 6.45) is 0.899. The molecular formula is C13H19NO3. The Labute approximate surface area is 102 Å². The predicted molar refractivity (Wildman–Crippen MR) is 65.8 cm³/mol. The first-order valence-electron chi connectivity index (χ1n) is 5.73. The second-order valence-electron chi connectivity index (χ2n) is 3.86. The summed E-state index contributed by atoms with van der Waals surface area (Å²) in [5.74, 6) is -0.859. The van der Waals surface area contributed by atoms with Crippen molar-refractivity contribution >= 4 is 5.97 Å². The molecule has 0 aliphatic rings. The Morgan fingerprint density at radius 1 is 1.47 bits per heavy atom. The van der Waals surface area contributed by atoms with Gasteiger partial charge < -0.3 is 15.2 Å². The van der Waals surface area contributed by atoms with E-state index in [1.54, 1.807) is 7.11 Å². The number of carboxylic acids is 1. The lowest BCUT2D eigenvalue weighted by molar-refractivity contribution is -0.139. The fourth-order valence-electron chi connectivity index (χ4n) is 1.72. The molecule has 0 bridgehead atoms. The van der Waals surface area contributed by atoms with E-state index in [4.69, 9.17) is 4.74 Å². The van der Waals surface area contributed by atoms with Gasteiger partial charge in [0.2, 0.25) is 0 Å². The van der Waals surface area contributed by atoms with Crippen molar-refractivity contribution in [3.05, 3.63) is 35.4 Å². The van der Waals surface area contributed by atoms with E-state index in [-0.39, 0.29) is 0 Å². The van der Waals surface area contributed by atoms with Crippen LogP contribution in [0.1, 0.15) is 30.5 Å². The van der Waals surface area contributed by atoms with Crippen LogP contribution in [0.3, 0.4) is 0 Å². The first-order chi connectivity index (χ1) is 8.20. The van der Waals surface area contributed by atoms with Gasteiger partial charge in [0.25, 0.3) is 0 Å². The van der Waals surface area contributed by atoms with Gasteiger partial charge in [-0.3, -0.25) is 4.79 Å². The Morgan fingerprint density at radius 3 is 2.76 bits per heavy atom. The molecule has 0 amide bonds. The average molecular weight is 237 g/mol. The van der Waals surface area contributed by atoms with Crippen LogP contribution in [0.25, 0.3) is 0 Å². The largest absolute Gasteiger partial charge is 0.480 e. The second-order valence-corrected chi connectivity index (χ2v) is 3.86. The summed E-state index contributed by atoms with van der Waals surface area (Å²) in [5, 5.41) is 12.3. The van der Waals surface area contributed by atoms with Crippen molar-refractivity contribution in [2.24, 2.45) is 0 Å². The molecule has 2 N–H and O–H groups in total. The topological polar surface area (TPSA) is 58.6 Å². The van der Waals surface area contributed by atoms with Gasteiger partial charge in [-0.2, -0.15) is 0 Å². The first-order valence-corrected chi connectivity index (χ1v) is 5.73. The third kappa shape index (κ3) is 3.84. The van der Waals surface area contributed by atoms with E-state index < -0.39 is 12.0 Å². The minimum Gasteiger partial charge on any atom is -0.480 e. The molecule has 4 heteroatoms. The molecule has 0 aromatic heterocycles. The van der Waals surface area contributed by atoms with Gasteiger partial charge in [-0.15, -0.1) is 0 Å². The van der Waals surface area contributed by atoms with E-state index in [1.807, 2.05) is 31.2 Å². The van der Waals surface area contributed by atoms with Gasteiger partial charge in [0.05, 0.1) is 6.61 Å². The zero-order valence-corrected chi connectivity index (χ0v) is 10.3. The highest BCUT2D eigenvalue weighted by Crippen LogP contribution is 2.19. The monoisotopic (exact) mass is 237 g/mol. The van der Waals surface area contributed by atoms with Crippen LogP contribution in [-0.2, 0) is 16.1 Å². The van der Waals surface area contributed by atoms with Crippen LogP contribution in [0.2, 0.25) is 0 Å². The van der Waals surface area contributed by atoms with Gasteiger partial charge in [-0.05, 0) is 24.1 Å². The summed E-state index contributed by atoms with van der Waals surface area (Å²) in [4.78, 5) is 11.3. The minimum absolute atomic E-state index is 0.424. The van der Waals surface area contributed by atoms with E-state index in [0.717, 1.165) is 17.5 Å². The maximum Gasteiger partial charge on any atom is 0.325 e. The number of carboxylic acid groups (broad SMARTS) is 1. The number of hydrogen-bond acceptors (Lipinski definition) is 3. The lowest BCUT2D eigenvalue weighted by Gasteiger charge is -2.17. The highest BCUT2D eigenvalue weighted by atomic mass is 16.5. The quantitative estimate of drug-likeness (QED) is 0.761. The summed E-state index contributed by atoms with van der Waals surface area (Å²) in [6, 6.07) is 6.79. The Hall–Kier alpha value is -1.39. The molecule has 1 atom stereocenters. The van der Waals surface area contributed by atoms with E-state index in [1.165, 1.54) is 0 Å². The summed E-state index contributed by atoms with van der Waals surface area (Å²) >= 11 is 0. The van der Waals surface area contributed by atoms with Gasteiger partial charge in [0, 0.05) is 7.11 Å². The number of ether oxygens (including phenoxy) is 1. The van der Waals surface area contributed by atoms with Crippen molar-refractivity contribution in [3.8, 4) is 0 Å². The maximum atomic E-state index is 11.3. The molecular weight excluding hydrogens is 218 g/mol. The Balaban J connectivity index is 2.95. The molecule has 4 nitrogen and oxygen atoms in total. The van der Waals surface area contributed by atoms with Crippen LogP contribution < -0.4 is 5.32 Å². The third-order valence-electron chi connectivity index (χ3n) is 2.51. The number of methoxy groups -OCH3 is 1. The Bertz CT molecular complexity index is 365. The SMILES string of the molecule is CCCNC(C(=O)O)c1ccccc1COC. The van der Waals surface area contributed by atoms with Crippen LogP contribution in [0.5, 0.6) is 0 Å². The molecule has 94 valence electrons. The molecule has 0 radical (unpaired) electrons. The molecule has 0 fully saturated rings. The van der Waals surface area contributed by atoms with Gasteiger partial charge >= 0.3 is 5.97 Å². The second kappa shape index (κ2) is 7.04. The molecule has 17 heavy (non-hydrogen) atoms. The van der Waals surface area contributed by atoms with E-state index in [9.17, 15) is 9.90 Å². The number of carbonyl (C=O) groups is 1. The van der Waals surface area contributed by atoms with Crippen molar-refractivity contribution in [1.29, 1.82) is 0 Å². The fourth-order valence-corrected chi connectivity index (χ4v) is 1.72. The average Bonchev–Trinajstić information content (AvgIpc) is 2.31. The summed E-state index contributed by atoms with van der Waals surface area (Å²) < 4.78 is 5.08. The molecule has 0 aliphatic carbocycles. The summed E-state index contributed by atoms with van der Waals surface area (Å²) in [7, 11) is 1.60. The van der Waals surface area contributed by atoms with Crippen LogP contribution in [-0.4, -0.2) is 24.7 Å². The summed E-state index contributed by atoms with van der Waals surface area (Å²) in [5.41, 5.74) is 1.68. The highest BCUT2D eigenvalue weighted by molar-refractivity contribution is 5.76. The number of benzene rings is 1. The fraction of sp³-hybridized carbons (Fsp3) is 0.462. The number of hydrogen-bond donors (Lipinski definition) is 2. The molecule has 0 spiro atoms. The van der Waals surface area contributed by atoms with Crippen LogP contribution >= 0.6 is 0 Å². The zero-order valence-electron chi connectivity index (χ0n) is 10.3. The number of aliphatic carboxylic acids is 1. The van der Waals surface area contributed by atoms with Crippen molar-refractivity contribution in [1.82, 2.24) is 5.32 Å². The first kappa shape index (κ1) is 13.7. The van der Waals surface area contributed by atoms with Gasteiger partial charge in [0.15, 0.2) is 0 Å². The van der Waals surface area contributed by atoms with Gasteiger partial charge in [0.1, 0.15) is 6.04 Å². The van der Waals surface area contributed by atoms with E-state index in [2.05, 4.69) is 5.32 Å². The molecule has 0 saturated heterocycles. The zero-order chi connectivity index (χ0) is 12.7. The number of nitrogens with one attached hydrogen (secondary N) is 1. The third-order valence-corrected chi connectivity index (χ3v) is 2.51. The van der Waals surface area contributed by atoms with Crippen LogP contribution in [0, 0.1) is 0 Å². The Kier molecular flexibility index (Phi) is 5.66. The smallest absolute Gasteiger partial charge is 0.325 e. The molecule has 1 rings (SSSR count). The van der Waals surface area contributed by atoms with Gasteiger partial charge in [-0.1, -0.05) is 31.2 Å². The summed E-state index contributed by atoms with van der Waals surface area (Å²) in [6.45, 7) is 3.11. The van der Waals surface area contributed by atoms with Crippen LogP contribution in [0.15, 0.2) is 24.3 Å². The van der Waals surface area contributed by atoms with Gasteiger partial charge in [-0.25, -0.2) is 0 Å². The van der Waals surface area contributed by atoms with Crippen molar-refractivity contribution in [3.63, 3.8) is 0 Å². The standard InChI is InChI=1S/C13H19NO3/c1-3-8-14-12(13(15)16)11-7-5-4-6-10(11)9-17-2/h4-7,12,14H,3,8-9H2,1-2H3,(H,15,16). The van der Waals surface area contributed by atoms with Crippen LogP contribution in [0.4, 0.5) is 0 Å². The lowest BCUT2D eigenvalue weighted by Crippen LogP contribution is -2.30. The Morgan fingerprint density at radius 2 is 2.18 bits per heavy atom. The lowest BCUT2D eigenvalue weighted by atomic mass is 10.0. The predicted octanol–water partition coefficient (Wildman–Crippen LogP) is 1.96. The molecule has 0 saturated carbocycles. The molecule has 1 aromatic carbocycles. The van der Waals surface area contributed by atoms with Crippen molar-refractivity contribution in [2.45, 2.75) is 26.0 Å². The molecule has 1 unspecified atom stereocenters. The molecule has 0 heterocycles. The minimum atomic E-state index is -0.859. The maximum absolute atomic E-state index is 11.3.